The van der Waals surface area contributed by atoms with Crippen LogP contribution in [-0.4, -0.2) is 31.1 Å². The number of benzene rings is 1. The quantitative estimate of drug-likeness (QED) is 0.917. The van der Waals surface area contributed by atoms with Crippen LogP contribution in [0.5, 0.6) is 0 Å². The molecule has 1 atom stereocenters. The Kier molecular flexibility index (Phi) is 5.42. The summed E-state index contributed by atoms with van der Waals surface area (Å²) in [7, 11) is 0. The normalized spacial score (nSPS) is 21.3. The number of nitrogens with zero attached hydrogens (tertiary/aromatic N) is 1. The number of hydrogen-bond acceptors (Lipinski definition) is 2. The highest BCUT2D eigenvalue weighted by molar-refractivity contribution is 5.85. The molecule has 1 saturated carbocycles. The van der Waals surface area contributed by atoms with Gasteiger partial charge in [-0.2, -0.15) is 0 Å². The molecule has 3 rings (SSSR count). The Hall–Kier alpha value is -0.640. The van der Waals surface area contributed by atoms with Crippen LogP contribution in [0.15, 0.2) is 18.2 Å². The van der Waals surface area contributed by atoms with E-state index in [-0.39, 0.29) is 18.2 Å². The first-order valence-corrected chi connectivity index (χ1v) is 7.45. The predicted molar refractivity (Wildman–Crippen MR) is 82.9 cm³/mol. The van der Waals surface area contributed by atoms with Gasteiger partial charge in [0.25, 0.3) is 0 Å². The van der Waals surface area contributed by atoms with E-state index >= 15 is 0 Å². The third-order valence-electron chi connectivity index (χ3n) is 4.45. The minimum atomic E-state index is -0.100. The number of rotatable bonds is 4. The second kappa shape index (κ2) is 6.88. The minimum absolute atomic E-state index is 0. The van der Waals surface area contributed by atoms with Crippen LogP contribution >= 0.6 is 12.4 Å². The van der Waals surface area contributed by atoms with Gasteiger partial charge >= 0.3 is 0 Å². The topological polar surface area (TPSA) is 15.3 Å². The van der Waals surface area contributed by atoms with Crippen molar-refractivity contribution in [3.05, 3.63) is 35.1 Å². The molecule has 112 valence electrons. The molecular formula is C16H24ClFN2. The Morgan fingerprint density at radius 3 is 2.65 bits per heavy atom. The van der Waals surface area contributed by atoms with Crippen LogP contribution in [0.1, 0.15) is 36.4 Å². The van der Waals surface area contributed by atoms with Crippen LogP contribution in [0.2, 0.25) is 0 Å². The molecule has 0 unspecified atom stereocenters. The molecule has 1 aromatic carbocycles. The average Bonchev–Trinajstić information content (AvgIpc) is 3.24. The minimum Gasteiger partial charge on any atom is -0.314 e. The van der Waals surface area contributed by atoms with Gasteiger partial charge in [0.05, 0.1) is 0 Å². The van der Waals surface area contributed by atoms with Crippen LogP contribution in [0.25, 0.3) is 0 Å². The van der Waals surface area contributed by atoms with E-state index in [9.17, 15) is 4.39 Å². The Morgan fingerprint density at radius 1 is 1.30 bits per heavy atom. The van der Waals surface area contributed by atoms with E-state index in [0.29, 0.717) is 6.04 Å². The molecule has 0 amide bonds. The van der Waals surface area contributed by atoms with Crippen LogP contribution < -0.4 is 5.32 Å². The van der Waals surface area contributed by atoms with Crippen molar-refractivity contribution in [3.63, 3.8) is 0 Å². The summed E-state index contributed by atoms with van der Waals surface area (Å²) in [5.41, 5.74) is 2.43. The largest absolute Gasteiger partial charge is 0.314 e. The highest BCUT2D eigenvalue weighted by Gasteiger charge is 2.31. The molecule has 1 N–H and O–H groups in total. The Bertz CT molecular complexity index is 442. The fraction of sp³-hybridized carbons (Fsp3) is 0.625. The second-order valence-electron chi connectivity index (χ2n) is 5.98. The smallest absolute Gasteiger partial charge is 0.123 e. The van der Waals surface area contributed by atoms with Gasteiger partial charge in [-0.25, -0.2) is 4.39 Å². The summed E-state index contributed by atoms with van der Waals surface area (Å²) in [5, 5.41) is 3.40. The van der Waals surface area contributed by atoms with Crippen molar-refractivity contribution in [2.75, 3.05) is 26.2 Å². The van der Waals surface area contributed by atoms with E-state index < -0.39 is 0 Å². The maximum absolute atomic E-state index is 13.6. The lowest BCUT2D eigenvalue weighted by Gasteiger charge is -2.36. The average molecular weight is 299 g/mol. The van der Waals surface area contributed by atoms with E-state index in [1.807, 2.05) is 6.07 Å². The number of aryl methyl sites for hydroxylation is 1. The third-order valence-corrected chi connectivity index (χ3v) is 4.45. The van der Waals surface area contributed by atoms with E-state index in [4.69, 9.17) is 0 Å². The lowest BCUT2D eigenvalue weighted by Crippen LogP contribution is -2.45. The fourth-order valence-electron chi connectivity index (χ4n) is 3.11. The molecule has 0 spiro atoms. The van der Waals surface area contributed by atoms with E-state index in [2.05, 4.69) is 17.1 Å². The van der Waals surface area contributed by atoms with Crippen molar-refractivity contribution in [3.8, 4) is 0 Å². The van der Waals surface area contributed by atoms with Crippen LogP contribution in [-0.2, 0) is 0 Å². The van der Waals surface area contributed by atoms with E-state index in [1.54, 1.807) is 12.1 Å². The first kappa shape index (κ1) is 15.7. The Morgan fingerprint density at radius 2 is 2.00 bits per heavy atom. The number of halogens is 2. The summed E-state index contributed by atoms with van der Waals surface area (Å²) >= 11 is 0. The molecule has 1 aliphatic carbocycles. The Labute approximate surface area is 127 Å². The Balaban J connectivity index is 0.00000147. The monoisotopic (exact) mass is 298 g/mol. The summed E-state index contributed by atoms with van der Waals surface area (Å²) in [6.07, 6.45) is 3.91. The highest BCUT2D eigenvalue weighted by Crippen LogP contribution is 2.41. The molecular weight excluding hydrogens is 275 g/mol. The zero-order chi connectivity index (χ0) is 13.2. The van der Waals surface area contributed by atoms with Gasteiger partial charge in [-0.15, -0.1) is 12.4 Å². The molecule has 20 heavy (non-hydrogen) atoms. The molecule has 2 nitrogen and oxygen atoms in total. The van der Waals surface area contributed by atoms with Crippen molar-refractivity contribution in [2.45, 2.75) is 32.2 Å². The zero-order valence-corrected chi connectivity index (χ0v) is 12.9. The van der Waals surface area contributed by atoms with Gasteiger partial charge < -0.3 is 5.32 Å². The van der Waals surface area contributed by atoms with Crippen molar-refractivity contribution in [1.82, 2.24) is 10.2 Å². The lowest BCUT2D eigenvalue weighted by atomic mass is 9.94. The van der Waals surface area contributed by atoms with Gasteiger partial charge in [0, 0.05) is 32.2 Å². The van der Waals surface area contributed by atoms with Gasteiger partial charge in [-0.1, -0.05) is 18.9 Å². The molecule has 1 saturated heterocycles. The number of hydrogen-bond donors (Lipinski definition) is 1. The van der Waals surface area contributed by atoms with Gasteiger partial charge in [0.2, 0.25) is 0 Å². The summed E-state index contributed by atoms with van der Waals surface area (Å²) in [6.45, 7) is 6.36. The van der Waals surface area contributed by atoms with Gasteiger partial charge in [0.15, 0.2) is 0 Å². The van der Waals surface area contributed by atoms with Gasteiger partial charge in [-0.05, 0) is 42.5 Å². The predicted octanol–water partition coefficient (Wildman–Crippen LogP) is 3.30. The van der Waals surface area contributed by atoms with Crippen molar-refractivity contribution >= 4 is 12.4 Å². The molecule has 1 aliphatic heterocycles. The fourth-order valence-corrected chi connectivity index (χ4v) is 3.11. The van der Waals surface area contributed by atoms with Crippen molar-refractivity contribution in [2.24, 2.45) is 5.92 Å². The molecule has 4 heteroatoms. The summed E-state index contributed by atoms with van der Waals surface area (Å²) in [6, 6.07) is 5.66. The first-order chi connectivity index (χ1) is 9.24. The highest BCUT2D eigenvalue weighted by atomic mass is 35.5. The van der Waals surface area contributed by atoms with Crippen LogP contribution in [0.3, 0.4) is 0 Å². The number of nitrogens with one attached hydrogen (secondary N) is 1. The standard InChI is InChI=1S/C16H23FN2.ClH/c1-12-2-5-14(17)11-15(12)16(10-13-3-4-13)19-8-6-18-7-9-19;/h2,5,11,13,16,18H,3-4,6-10H2,1H3;1H/t16-;/m0./s1. The third kappa shape index (κ3) is 3.72. The summed E-state index contributed by atoms with van der Waals surface area (Å²) < 4.78 is 13.6. The van der Waals surface area contributed by atoms with Crippen molar-refractivity contribution in [1.29, 1.82) is 0 Å². The maximum Gasteiger partial charge on any atom is 0.123 e. The zero-order valence-electron chi connectivity index (χ0n) is 12.1. The SMILES string of the molecule is Cc1ccc(F)cc1[C@H](CC1CC1)N1CCNCC1.Cl. The molecule has 0 radical (unpaired) electrons. The lowest BCUT2D eigenvalue weighted by molar-refractivity contribution is 0.160. The molecule has 1 aromatic rings. The van der Waals surface area contributed by atoms with Crippen LogP contribution in [0, 0.1) is 18.7 Å². The van der Waals surface area contributed by atoms with Gasteiger partial charge in [-0.3, -0.25) is 4.90 Å². The second-order valence-corrected chi connectivity index (χ2v) is 5.98. The number of piperazine rings is 1. The van der Waals surface area contributed by atoms with Gasteiger partial charge in [0.1, 0.15) is 5.82 Å². The summed E-state index contributed by atoms with van der Waals surface area (Å²) in [4.78, 5) is 2.54. The van der Waals surface area contributed by atoms with E-state index in [1.165, 1.54) is 30.4 Å². The summed E-state index contributed by atoms with van der Waals surface area (Å²) in [5.74, 6) is 0.763. The van der Waals surface area contributed by atoms with Crippen LogP contribution in [0.4, 0.5) is 4.39 Å². The molecule has 0 bridgehead atoms. The molecule has 2 fully saturated rings. The molecule has 1 heterocycles. The molecule has 2 aliphatic rings. The van der Waals surface area contributed by atoms with Crippen molar-refractivity contribution < 1.29 is 4.39 Å². The molecule has 0 aromatic heterocycles. The maximum atomic E-state index is 13.6. The first-order valence-electron chi connectivity index (χ1n) is 7.45. The van der Waals surface area contributed by atoms with E-state index in [0.717, 1.165) is 32.1 Å².